The van der Waals surface area contributed by atoms with Crippen molar-refractivity contribution in [1.29, 1.82) is 0 Å². The van der Waals surface area contributed by atoms with Crippen molar-refractivity contribution in [2.24, 2.45) is 0 Å². The lowest BCUT2D eigenvalue weighted by molar-refractivity contribution is 0.385. The first-order valence-electron chi connectivity index (χ1n) is 7.68. The Morgan fingerprint density at radius 3 is 2.57 bits per heavy atom. The molecule has 2 heterocycles. The quantitative estimate of drug-likeness (QED) is 0.804. The highest BCUT2D eigenvalue weighted by Gasteiger charge is 2.37. The van der Waals surface area contributed by atoms with Crippen molar-refractivity contribution in [2.75, 3.05) is 6.54 Å². The van der Waals surface area contributed by atoms with Crippen LogP contribution < -0.4 is 0 Å². The maximum absolute atomic E-state index is 12.9. The molecule has 1 saturated heterocycles. The van der Waals surface area contributed by atoms with Crippen LogP contribution in [0.25, 0.3) is 11.0 Å². The Bertz CT molecular complexity index is 902. The highest BCUT2D eigenvalue weighted by molar-refractivity contribution is 7.89. The van der Waals surface area contributed by atoms with E-state index >= 15 is 0 Å². The first-order chi connectivity index (χ1) is 11.2. The van der Waals surface area contributed by atoms with E-state index in [4.69, 9.17) is 0 Å². The van der Waals surface area contributed by atoms with Gasteiger partial charge in [-0.3, -0.25) is 0 Å². The molecule has 0 radical (unpaired) electrons. The Balaban J connectivity index is 1.74. The van der Waals surface area contributed by atoms with Crippen LogP contribution in [-0.2, 0) is 10.0 Å². The number of para-hydroxylation sites is 2. The Labute approximate surface area is 135 Å². The fourth-order valence-electron chi connectivity index (χ4n) is 3.16. The fourth-order valence-corrected chi connectivity index (χ4v) is 4.84. The summed E-state index contributed by atoms with van der Waals surface area (Å²) in [6.45, 7) is 0.527. The third-order valence-corrected chi connectivity index (χ3v) is 6.20. The molecule has 0 aliphatic carbocycles. The standard InChI is InChI=1S/C17H17N3O2S/c21-23(22,13-7-2-1-3-8-13)20-12-6-11-16(20)17-18-14-9-4-5-10-15(14)19-17/h1-5,7-10,16H,6,11-12H2,(H,18,19). The maximum atomic E-state index is 12.9. The molecule has 0 saturated carbocycles. The lowest BCUT2D eigenvalue weighted by atomic mass is 10.2. The molecule has 1 aromatic heterocycles. The number of fused-ring (bicyclic) bond motifs is 1. The number of rotatable bonds is 3. The van der Waals surface area contributed by atoms with E-state index in [0.717, 1.165) is 29.7 Å². The number of imidazole rings is 1. The second kappa shape index (κ2) is 5.47. The van der Waals surface area contributed by atoms with Crippen molar-refractivity contribution in [3.8, 4) is 0 Å². The van der Waals surface area contributed by atoms with Crippen LogP contribution in [0.1, 0.15) is 24.7 Å². The van der Waals surface area contributed by atoms with Gasteiger partial charge in [-0.1, -0.05) is 30.3 Å². The normalized spacial score (nSPS) is 19.4. The summed E-state index contributed by atoms with van der Waals surface area (Å²) in [4.78, 5) is 8.20. The van der Waals surface area contributed by atoms with Gasteiger partial charge in [-0.2, -0.15) is 4.31 Å². The molecule has 1 fully saturated rings. The Morgan fingerprint density at radius 2 is 1.78 bits per heavy atom. The monoisotopic (exact) mass is 327 g/mol. The summed E-state index contributed by atoms with van der Waals surface area (Å²) in [5, 5.41) is 0. The van der Waals surface area contributed by atoms with Gasteiger partial charge in [0.05, 0.1) is 22.0 Å². The average Bonchev–Trinajstić information content (AvgIpc) is 3.22. The number of aromatic nitrogens is 2. The van der Waals surface area contributed by atoms with Crippen molar-refractivity contribution in [3.63, 3.8) is 0 Å². The first kappa shape index (κ1) is 14.4. The molecular weight excluding hydrogens is 310 g/mol. The maximum Gasteiger partial charge on any atom is 0.243 e. The largest absolute Gasteiger partial charge is 0.341 e. The van der Waals surface area contributed by atoms with E-state index < -0.39 is 10.0 Å². The molecule has 0 bridgehead atoms. The molecule has 23 heavy (non-hydrogen) atoms. The summed E-state index contributed by atoms with van der Waals surface area (Å²) in [6, 6.07) is 16.1. The zero-order valence-electron chi connectivity index (χ0n) is 12.5. The highest BCUT2D eigenvalue weighted by atomic mass is 32.2. The van der Waals surface area contributed by atoms with E-state index in [1.165, 1.54) is 0 Å². The molecule has 1 N–H and O–H groups in total. The van der Waals surface area contributed by atoms with Crippen LogP contribution in [0, 0.1) is 0 Å². The Morgan fingerprint density at radius 1 is 1.04 bits per heavy atom. The Hall–Kier alpha value is -2.18. The minimum absolute atomic E-state index is 0.229. The lowest BCUT2D eigenvalue weighted by Crippen LogP contribution is -2.31. The van der Waals surface area contributed by atoms with Crippen LogP contribution >= 0.6 is 0 Å². The van der Waals surface area contributed by atoms with Crippen molar-refractivity contribution in [1.82, 2.24) is 14.3 Å². The van der Waals surface area contributed by atoms with E-state index in [-0.39, 0.29) is 6.04 Å². The van der Waals surface area contributed by atoms with E-state index in [1.54, 1.807) is 28.6 Å². The molecular formula is C17H17N3O2S. The fraction of sp³-hybridized carbons (Fsp3) is 0.235. The second-order valence-electron chi connectivity index (χ2n) is 5.73. The van der Waals surface area contributed by atoms with Crippen LogP contribution in [0.2, 0.25) is 0 Å². The van der Waals surface area contributed by atoms with Crippen LogP contribution in [0.4, 0.5) is 0 Å². The molecule has 3 aromatic rings. The third kappa shape index (κ3) is 2.44. The summed E-state index contributed by atoms with van der Waals surface area (Å²) >= 11 is 0. The van der Waals surface area contributed by atoms with Crippen LogP contribution in [0.3, 0.4) is 0 Å². The van der Waals surface area contributed by atoms with Crippen LogP contribution in [0.5, 0.6) is 0 Å². The van der Waals surface area contributed by atoms with Gasteiger partial charge in [-0.25, -0.2) is 13.4 Å². The summed E-state index contributed by atoms with van der Waals surface area (Å²) in [6.07, 6.45) is 1.62. The molecule has 1 aliphatic heterocycles. The molecule has 118 valence electrons. The minimum Gasteiger partial charge on any atom is -0.341 e. The topological polar surface area (TPSA) is 66.1 Å². The van der Waals surface area contributed by atoms with Gasteiger partial charge in [0, 0.05) is 6.54 Å². The number of hydrogen-bond donors (Lipinski definition) is 1. The van der Waals surface area contributed by atoms with Gasteiger partial charge in [0.25, 0.3) is 0 Å². The predicted molar refractivity (Wildman–Crippen MR) is 88.4 cm³/mol. The summed E-state index contributed by atoms with van der Waals surface area (Å²) < 4.78 is 27.4. The number of sulfonamides is 1. The molecule has 6 heteroatoms. The molecule has 1 atom stereocenters. The molecule has 0 spiro atoms. The SMILES string of the molecule is O=S(=O)(c1ccccc1)N1CCCC1c1nc2ccccc2[nH]1. The van der Waals surface area contributed by atoms with Crippen molar-refractivity contribution >= 4 is 21.1 Å². The van der Waals surface area contributed by atoms with Crippen molar-refractivity contribution < 1.29 is 8.42 Å². The van der Waals surface area contributed by atoms with Gasteiger partial charge in [0.15, 0.2) is 0 Å². The number of aromatic amines is 1. The third-order valence-electron chi connectivity index (χ3n) is 4.28. The molecule has 1 aliphatic rings. The number of nitrogens with one attached hydrogen (secondary N) is 1. The van der Waals surface area contributed by atoms with Crippen molar-refractivity contribution in [3.05, 3.63) is 60.4 Å². The summed E-state index contributed by atoms with van der Waals surface area (Å²) in [5.74, 6) is 0.725. The smallest absolute Gasteiger partial charge is 0.243 e. The number of benzene rings is 2. The van der Waals surface area contributed by atoms with Gasteiger partial charge < -0.3 is 4.98 Å². The van der Waals surface area contributed by atoms with Gasteiger partial charge in [-0.05, 0) is 37.1 Å². The van der Waals surface area contributed by atoms with E-state index in [9.17, 15) is 8.42 Å². The van der Waals surface area contributed by atoms with Gasteiger partial charge in [-0.15, -0.1) is 0 Å². The lowest BCUT2D eigenvalue weighted by Gasteiger charge is -2.22. The van der Waals surface area contributed by atoms with E-state index in [2.05, 4.69) is 9.97 Å². The van der Waals surface area contributed by atoms with Gasteiger partial charge >= 0.3 is 0 Å². The summed E-state index contributed by atoms with van der Waals surface area (Å²) in [5.41, 5.74) is 1.80. The van der Waals surface area contributed by atoms with Gasteiger partial charge in [0.1, 0.15) is 5.82 Å². The van der Waals surface area contributed by atoms with E-state index in [1.807, 2.05) is 30.3 Å². The molecule has 0 amide bonds. The minimum atomic E-state index is -3.50. The highest BCUT2D eigenvalue weighted by Crippen LogP contribution is 2.35. The zero-order valence-corrected chi connectivity index (χ0v) is 13.3. The van der Waals surface area contributed by atoms with Crippen molar-refractivity contribution in [2.45, 2.75) is 23.8 Å². The van der Waals surface area contributed by atoms with Crippen LogP contribution in [-0.4, -0.2) is 29.2 Å². The van der Waals surface area contributed by atoms with Crippen LogP contribution in [0.15, 0.2) is 59.5 Å². The first-order valence-corrected chi connectivity index (χ1v) is 9.12. The Kier molecular flexibility index (Phi) is 3.43. The molecule has 1 unspecified atom stereocenters. The zero-order chi connectivity index (χ0) is 15.9. The second-order valence-corrected chi connectivity index (χ2v) is 7.62. The molecule has 5 nitrogen and oxygen atoms in total. The molecule has 4 rings (SSSR count). The van der Waals surface area contributed by atoms with Gasteiger partial charge in [0.2, 0.25) is 10.0 Å². The molecule has 2 aromatic carbocycles. The number of H-pyrrole nitrogens is 1. The predicted octanol–water partition coefficient (Wildman–Crippen LogP) is 3.09. The number of hydrogen-bond acceptors (Lipinski definition) is 3. The number of nitrogens with zero attached hydrogens (tertiary/aromatic N) is 2. The van der Waals surface area contributed by atoms with E-state index in [0.29, 0.717) is 11.4 Å². The summed E-state index contributed by atoms with van der Waals surface area (Å²) in [7, 11) is -3.50. The average molecular weight is 327 g/mol.